The third-order valence-corrected chi connectivity index (χ3v) is 5.19. The standard InChI is InChI=1S/C24H18F6O2/c1-13-11-31-23(32-12-13)15-4-2-14(3-5-15)16-6-7-18(19(25)8-16)17-9-20(26)22(21(27)10-17)24(28,29)30/h2-10,13,23H,11-12H2,1H3. The topological polar surface area (TPSA) is 18.5 Å². The molecular formula is C24H18F6O2. The monoisotopic (exact) mass is 452 g/mol. The van der Waals surface area contributed by atoms with Gasteiger partial charge in [0.25, 0.3) is 0 Å². The van der Waals surface area contributed by atoms with E-state index >= 15 is 0 Å². The van der Waals surface area contributed by atoms with Crippen LogP contribution in [-0.2, 0) is 15.7 Å². The van der Waals surface area contributed by atoms with Crippen LogP contribution < -0.4 is 0 Å². The van der Waals surface area contributed by atoms with Gasteiger partial charge in [-0.2, -0.15) is 13.2 Å². The van der Waals surface area contributed by atoms with Crippen LogP contribution in [-0.4, -0.2) is 13.2 Å². The van der Waals surface area contributed by atoms with Crippen LogP contribution in [0.4, 0.5) is 26.3 Å². The average Bonchev–Trinajstić information content (AvgIpc) is 2.73. The summed E-state index contributed by atoms with van der Waals surface area (Å²) in [4.78, 5) is 0. The van der Waals surface area contributed by atoms with Crippen molar-refractivity contribution < 1.29 is 35.8 Å². The molecule has 32 heavy (non-hydrogen) atoms. The molecule has 0 aromatic heterocycles. The Morgan fingerprint density at radius 3 is 1.78 bits per heavy atom. The molecule has 168 valence electrons. The lowest BCUT2D eigenvalue weighted by molar-refractivity contribution is -0.202. The van der Waals surface area contributed by atoms with Crippen LogP contribution in [0.5, 0.6) is 0 Å². The Bertz CT molecular complexity index is 1090. The van der Waals surface area contributed by atoms with Gasteiger partial charge in [0.15, 0.2) is 6.29 Å². The molecule has 1 saturated heterocycles. The average molecular weight is 452 g/mol. The molecule has 1 aliphatic heterocycles. The van der Waals surface area contributed by atoms with Gasteiger partial charge in [0.05, 0.1) is 13.2 Å². The maximum atomic E-state index is 14.7. The molecule has 0 radical (unpaired) electrons. The van der Waals surface area contributed by atoms with Crippen molar-refractivity contribution in [3.05, 3.63) is 83.2 Å². The summed E-state index contributed by atoms with van der Waals surface area (Å²) in [6.07, 6.45) is -5.66. The van der Waals surface area contributed by atoms with Gasteiger partial charge < -0.3 is 9.47 Å². The zero-order chi connectivity index (χ0) is 23.0. The van der Waals surface area contributed by atoms with Crippen molar-refractivity contribution in [1.29, 1.82) is 0 Å². The molecule has 2 nitrogen and oxygen atoms in total. The minimum absolute atomic E-state index is 0.213. The molecule has 8 heteroatoms. The summed E-state index contributed by atoms with van der Waals surface area (Å²) in [7, 11) is 0. The molecule has 0 N–H and O–H groups in total. The van der Waals surface area contributed by atoms with Crippen LogP contribution in [0.3, 0.4) is 0 Å². The second kappa shape index (κ2) is 8.60. The van der Waals surface area contributed by atoms with Crippen molar-refractivity contribution in [1.82, 2.24) is 0 Å². The van der Waals surface area contributed by atoms with E-state index in [0.29, 0.717) is 42.4 Å². The van der Waals surface area contributed by atoms with E-state index in [1.807, 2.05) is 6.92 Å². The van der Waals surface area contributed by atoms with Gasteiger partial charge in [0.2, 0.25) is 0 Å². The molecule has 0 bridgehead atoms. The molecule has 0 spiro atoms. The van der Waals surface area contributed by atoms with E-state index in [2.05, 4.69) is 0 Å². The van der Waals surface area contributed by atoms with Crippen molar-refractivity contribution in [2.75, 3.05) is 13.2 Å². The molecule has 0 aliphatic carbocycles. The first-order valence-corrected chi connectivity index (χ1v) is 9.83. The molecule has 0 saturated carbocycles. The summed E-state index contributed by atoms with van der Waals surface area (Å²) in [6.45, 7) is 3.19. The summed E-state index contributed by atoms with van der Waals surface area (Å²) in [5.74, 6) is -4.10. The molecule has 1 aliphatic rings. The zero-order valence-corrected chi connectivity index (χ0v) is 16.8. The van der Waals surface area contributed by atoms with Crippen molar-refractivity contribution >= 4 is 0 Å². The van der Waals surface area contributed by atoms with E-state index in [1.54, 1.807) is 24.3 Å². The van der Waals surface area contributed by atoms with Crippen LogP contribution in [0.1, 0.15) is 24.3 Å². The normalized spacial score (nSPS) is 19.2. The summed E-state index contributed by atoms with van der Waals surface area (Å²) in [5.41, 5.74) is -0.562. The number of ether oxygens (including phenoxy) is 2. The predicted molar refractivity (Wildman–Crippen MR) is 106 cm³/mol. The fourth-order valence-electron chi connectivity index (χ4n) is 3.55. The maximum Gasteiger partial charge on any atom is 0.422 e. The lowest BCUT2D eigenvalue weighted by Crippen LogP contribution is -2.24. The van der Waals surface area contributed by atoms with Crippen LogP contribution in [0, 0.1) is 23.4 Å². The molecule has 0 unspecified atom stereocenters. The Morgan fingerprint density at radius 1 is 0.719 bits per heavy atom. The number of hydrogen-bond acceptors (Lipinski definition) is 2. The van der Waals surface area contributed by atoms with E-state index in [-0.39, 0.29) is 11.1 Å². The molecule has 3 aromatic carbocycles. The molecule has 1 fully saturated rings. The second-order valence-electron chi connectivity index (χ2n) is 7.73. The fourth-order valence-corrected chi connectivity index (χ4v) is 3.55. The minimum atomic E-state index is -5.19. The highest BCUT2D eigenvalue weighted by atomic mass is 19.4. The SMILES string of the molecule is CC1COC(c2ccc(-c3ccc(-c4cc(F)c(C(F)(F)F)c(F)c4)c(F)c3)cc2)OC1. The summed E-state index contributed by atoms with van der Waals surface area (Å²) >= 11 is 0. The van der Waals surface area contributed by atoms with E-state index in [0.717, 1.165) is 11.6 Å². The van der Waals surface area contributed by atoms with E-state index in [4.69, 9.17) is 9.47 Å². The van der Waals surface area contributed by atoms with Gasteiger partial charge in [-0.05, 0) is 34.9 Å². The quantitative estimate of drug-likeness (QED) is 0.394. The summed E-state index contributed by atoms with van der Waals surface area (Å²) < 4.78 is 92.0. The van der Waals surface area contributed by atoms with Crippen LogP contribution in [0.2, 0.25) is 0 Å². The van der Waals surface area contributed by atoms with Crippen molar-refractivity contribution in [2.45, 2.75) is 19.4 Å². The number of benzene rings is 3. The van der Waals surface area contributed by atoms with Gasteiger partial charge in [-0.3, -0.25) is 0 Å². The molecule has 0 amide bonds. The van der Waals surface area contributed by atoms with Gasteiger partial charge in [-0.1, -0.05) is 43.3 Å². The molecule has 0 atom stereocenters. The predicted octanol–water partition coefficient (Wildman–Crippen LogP) is 7.14. The van der Waals surface area contributed by atoms with Gasteiger partial charge in [-0.25, -0.2) is 13.2 Å². The fraction of sp³-hybridized carbons (Fsp3) is 0.250. The minimum Gasteiger partial charge on any atom is -0.348 e. The number of hydrogen-bond donors (Lipinski definition) is 0. The van der Waals surface area contributed by atoms with Gasteiger partial charge in [-0.15, -0.1) is 0 Å². The van der Waals surface area contributed by atoms with Crippen LogP contribution in [0.15, 0.2) is 54.6 Å². The zero-order valence-electron chi connectivity index (χ0n) is 16.8. The summed E-state index contributed by atoms with van der Waals surface area (Å²) in [6, 6.07) is 12.0. The highest BCUT2D eigenvalue weighted by molar-refractivity contribution is 5.71. The summed E-state index contributed by atoms with van der Waals surface area (Å²) in [5, 5.41) is 0. The molecule has 4 rings (SSSR count). The van der Waals surface area contributed by atoms with Crippen LogP contribution >= 0.6 is 0 Å². The molecule has 1 heterocycles. The number of alkyl halides is 3. The van der Waals surface area contributed by atoms with Gasteiger partial charge >= 0.3 is 6.18 Å². The Balaban J connectivity index is 1.59. The maximum absolute atomic E-state index is 14.7. The van der Waals surface area contributed by atoms with E-state index in [1.165, 1.54) is 12.1 Å². The number of rotatable bonds is 3. The Labute approximate surface area is 180 Å². The first-order valence-electron chi connectivity index (χ1n) is 9.83. The lowest BCUT2D eigenvalue weighted by Gasteiger charge is -2.27. The highest BCUT2D eigenvalue weighted by Crippen LogP contribution is 2.37. The second-order valence-corrected chi connectivity index (χ2v) is 7.73. The van der Waals surface area contributed by atoms with Crippen molar-refractivity contribution in [2.24, 2.45) is 5.92 Å². The largest absolute Gasteiger partial charge is 0.422 e. The van der Waals surface area contributed by atoms with E-state index in [9.17, 15) is 26.3 Å². The Kier molecular flexibility index (Phi) is 6.01. The highest BCUT2D eigenvalue weighted by Gasteiger charge is 2.38. The number of halogens is 6. The third kappa shape index (κ3) is 4.52. The first-order chi connectivity index (χ1) is 15.1. The van der Waals surface area contributed by atoms with Gasteiger partial charge in [0, 0.05) is 17.0 Å². The lowest BCUT2D eigenvalue weighted by atomic mass is 9.97. The Morgan fingerprint density at radius 2 is 1.25 bits per heavy atom. The molecular weight excluding hydrogens is 434 g/mol. The van der Waals surface area contributed by atoms with Crippen LogP contribution in [0.25, 0.3) is 22.3 Å². The van der Waals surface area contributed by atoms with E-state index < -0.39 is 35.5 Å². The molecule has 3 aromatic rings. The Hall–Kier alpha value is -2.84. The van der Waals surface area contributed by atoms with Gasteiger partial charge in [0.1, 0.15) is 23.0 Å². The van der Waals surface area contributed by atoms with Crippen molar-refractivity contribution in [3.8, 4) is 22.3 Å². The smallest absolute Gasteiger partial charge is 0.348 e. The first kappa shape index (κ1) is 22.4. The third-order valence-electron chi connectivity index (χ3n) is 5.19. The van der Waals surface area contributed by atoms with Crippen molar-refractivity contribution in [3.63, 3.8) is 0 Å².